The van der Waals surface area contributed by atoms with E-state index < -0.39 is 96.4 Å². The number of aliphatic hydroxyl groups is 8. The Hall–Kier alpha value is -4.08. The summed E-state index contributed by atoms with van der Waals surface area (Å²) in [6.45, 7) is -0.754. The van der Waals surface area contributed by atoms with Gasteiger partial charge in [-0.05, 0) is 71.5 Å². The van der Waals surface area contributed by atoms with Gasteiger partial charge in [-0.2, -0.15) is 8.42 Å². The number of hydrogen-bond donors (Lipinski definition) is 8. The SMILES string of the molecule is O=S(=O)(C[C@@H]1OC(CO)[C@@H](O[C@@H]2OC(CO)[C@@H](O)[C@H](O)C2O)[C@H](O)C1O)Oc1ccc(-c2ccc([C@@H]3[C@@H](CC[C@H](O)c4ccc(F)cc4)CN3c3ccccc3)cc2)cc1. The first-order valence-corrected chi connectivity index (χ1v) is 21.3. The molecule has 324 valence electrons. The van der Waals surface area contributed by atoms with Crippen molar-refractivity contribution in [2.75, 3.05) is 30.4 Å². The van der Waals surface area contributed by atoms with Crippen molar-refractivity contribution in [3.8, 4) is 16.9 Å². The molecule has 8 N–H and O–H groups in total. The lowest BCUT2D eigenvalue weighted by atomic mass is 9.79. The quantitative estimate of drug-likeness (QED) is 0.0793. The van der Waals surface area contributed by atoms with Gasteiger partial charge in [0.25, 0.3) is 0 Å². The monoisotopic (exact) mass is 855 g/mol. The maximum absolute atomic E-state index is 13.4. The van der Waals surface area contributed by atoms with Crippen LogP contribution in [0.4, 0.5) is 10.1 Å². The van der Waals surface area contributed by atoms with E-state index in [2.05, 4.69) is 29.2 Å². The first kappa shape index (κ1) is 44.0. The zero-order chi connectivity index (χ0) is 42.7. The molecule has 0 amide bonds. The minimum absolute atomic E-state index is 0.0256. The van der Waals surface area contributed by atoms with Gasteiger partial charge in [0.05, 0.1) is 25.4 Å². The number of halogens is 1. The van der Waals surface area contributed by atoms with Crippen LogP contribution >= 0.6 is 0 Å². The van der Waals surface area contributed by atoms with E-state index >= 15 is 0 Å². The van der Waals surface area contributed by atoms with Crippen molar-refractivity contribution >= 4 is 15.8 Å². The van der Waals surface area contributed by atoms with Crippen molar-refractivity contribution in [1.82, 2.24) is 0 Å². The van der Waals surface area contributed by atoms with Gasteiger partial charge >= 0.3 is 10.1 Å². The van der Waals surface area contributed by atoms with E-state index in [9.17, 15) is 53.7 Å². The Morgan fingerprint density at radius 1 is 0.717 bits per heavy atom. The zero-order valence-corrected chi connectivity index (χ0v) is 33.1. The van der Waals surface area contributed by atoms with E-state index in [0.717, 1.165) is 35.3 Å². The molecule has 0 bridgehead atoms. The normalized spacial score (nSPS) is 31.3. The molecular weight excluding hydrogens is 806 g/mol. The van der Waals surface area contributed by atoms with Gasteiger partial charge in [0, 0.05) is 18.2 Å². The van der Waals surface area contributed by atoms with Crippen LogP contribution in [-0.2, 0) is 24.3 Å². The van der Waals surface area contributed by atoms with Crippen LogP contribution in [0.3, 0.4) is 0 Å². The van der Waals surface area contributed by atoms with E-state index in [0.29, 0.717) is 12.0 Å². The number of para-hydroxylation sites is 1. The highest BCUT2D eigenvalue weighted by Gasteiger charge is 2.51. The average molecular weight is 856 g/mol. The average Bonchev–Trinajstić information content (AvgIpc) is 3.24. The molecule has 0 spiro atoms. The van der Waals surface area contributed by atoms with Gasteiger partial charge in [0.15, 0.2) is 6.29 Å². The van der Waals surface area contributed by atoms with Crippen LogP contribution in [0.15, 0.2) is 103 Å². The Morgan fingerprint density at radius 2 is 1.33 bits per heavy atom. The second-order valence-electron chi connectivity index (χ2n) is 15.5. The van der Waals surface area contributed by atoms with Gasteiger partial charge < -0.3 is 64.1 Å². The molecule has 3 fully saturated rings. The number of anilines is 1. The highest BCUT2D eigenvalue weighted by atomic mass is 32.2. The molecule has 13 atom stereocenters. The first-order valence-electron chi connectivity index (χ1n) is 19.7. The zero-order valence-electron chi connectivity index (χ0n) is 32.3. The molecule has 0 saturated carbocycles. The summed E-state index contributed by atoms with van der Waals surface area (Å²) in [4.78, 5) is 2.33. The van der Waals surface area contributed by atoms with E-state index in [1.54, 1.807) is 24.3 Å². The molecule has 0 aromatic heterocycles. The van der Waals surface area contributed by atoms with Crippen molar-refractivity contribution in [2.24, 2.45) is 5.92 Å². The van der Waals surface area contributed by atoms with Crippen molar-refractivity contribution in [3.63, 3.8) is 0 Å². The van der Waals surface area contributed by atoms with Crippen molar-refractivity contribution in [1.29, 1.82) is 0 Å². The molecule has 60 heavy (non-hydrogen) atoms. The minimum atomic E-state index is -4.46. The topological polar surface area (TPSA) is 236 Å². The molecule has 0 aliphatic carbocycles. The largest absolute Gasteiger partial charge is 0.394 e. The van der Waals surface area contributed by atoms with Gasteiger partial charge in [0.1, 0.15) is 72.3 Å². The molecule has 3 saturated heterocycles. The number of hydrogen-bond acceptors (Lipinski definition) is 15. The highest BCUT2D eigenvalue weighted by Crippen LogP contribution is 2.45. The van der Waals surface area contributed by atoms with E-state index in [1.165, 1.54) is 24.3 Å². The number of ether oxygens (including phenoxy) is 3. The van der Waals surface area contributed by atoms with Crippen LogP contribution < -0.4 is 9.08 Å². The summed E-state index contributed by atoms with van der Waals surface area (Å²) >= 11 is 0. The number of nitrogens with zero attached hydrogens (tertiary/aromatic N) is 1. The van der Waals surface area contributed by atoms with Crippen molar-refractivity contribution < 1.29 is 72.1 Å². The van der Waals surface area contributed by atoms with Gasteiger partial charge in [-0.25, -0.2) is 4.39 Å². The standard InChI is InChI=1S/C43H50FNO14S/c44-29-15-10-26(11-16-29)32(48)19-14-28-20-45(30-4-2-1-3-5-30)36(28)27-8-6-24(7-9-27)25-12-17-31(18-13-25)59-60(54,55)23-35-38(50)40(52)42(34(22-47)56-35)58-43-41(53)39(51)37(49)33(21-46)57-43/h1-13,15-18,28,32-43,46-53H,14,19-23H2/t28-,32-,33?,34?,35-,36+,37+,38?,39-,40+,41?,42+,43-/m0/s1. The van der Waals surface area contributed by atoms with Gasteiger partial charge in [-0.15, -0.1) is 0 Å². The molecule has 7 rings (SSSR count). The molecule has 3 aliphatic heterocycles. The Morgan fingerprint density at radius 3 is 1.97 bits per heavy atom. The summed E-state index contributed by atoms with van der Waals surface area (Å²) in [5.41, 5.74) is 4.51. The van der Waals surface area contributed by atoms with Crippen LogP contribution in [0.1, 0.15) is 36.1 Å². The summed E-state index contributed by atoms with van der Waals surface area (Å²) in [5.74, 6) is -1.04. The number of aliphatic hydroxyl groups excluding tert-OH is 8. The van der Waals surface area contributed by atoms with Gasteiger partial charge in [0.2, 0.25) is 0 Å². The Balaban J connectivity index is 0.969. The summed E-state index contributed by atoms with van der Waals surface area (Å²) < 4.78 is 61.5. The van der Waals surface area contributed by atoms with Gasteiger partial charge in [-0.1, -0.05) is 66.7 Å². The second-order valence-corrected chi connectivity index (χ2v) is 17.1. The molecule has 4 unspecified atom stereocenters. The Bertz CT molecular complexity index is 2100. The third-order valence-corrected chi connectivity index (χ3v) is 12.7. The molecule has 4 aromatic carbocycles. The molecule has 17 heteroatoms. The minimum Gasteiger partial charge on any atom is -0.394 e. The molecule has 0 radical (unpaired) electrons. The van der Waals surface area contributed by atoms with Crippen LogP contribution in [0, 0.1) is 11.7 Å². The number of benzene rings is 4. The Labute approximate surface area is 346 Å². The Kier molecular flexibility index (Phi) is 13.9. The third kappa shape index (κ3) is 9.68. The highest BCUT2D eigenvalue weighted by molar-refractivity contribution is 7.87. The van der Waals surface area contributed by atoms with Crippen LogP contribution in [0.2, 0.25) is 0 Å². The van der Waals surface area contributed by atoms with E-state index in [4.69, 9.17) is 18.4 Å². The fourth-order valence-electron chi connectivity index (χ4n) is 8.15. The molecule has 15 nitrogen and oxygen atoms in total. The molecule has 4 aromatic rings. The van der Waals surface area contributed by atoms with Crippen molar-refractivity contribution in [2.45, 2.75) is 86.2 Å². The molecule has 3 aliphatic rings. The fourth-order valence-corrected chi connectivity index (χ4v) is 9.31. The maximum atomic E-state index is 13.4. The summed E-state index contributed by atoms with van der Waals surface area (Å²) in [6.07, 6.45) is -16.1. The fraction of sp³-hybridized carbons (Fsp3) is 0.442. The van der Waals surface area contributed by atoms with Crippen LogP contribution in [0.25, 0.3) is 11.1 Å². The third-order valence-electron chi connectivity index (χ3n) is 11.5. The number of rotatable bonds is 15. The summed E-state index contributed by atoms with van der Waals surface area (Å²) in [5, 5.41) is 82.5. The maximum Gasteiger partial charge on any atom is 0.311 e. The second kappa shape index (κ2) is 18.9. The first-order chi connectivity index (χ1) is 28.8. The predicted molar refractivity (Wildman–Crippen MR) is 213 cm³/mol. The van der Waals surface area contributed by atoms with Crippen LogP contribution in [0.5, 0.6) is 5.75 Å². The lowest BCUT2D eigenvalue weighted by Crippen LogP contribution is -2.65. The van der Waals surface area contributed by atoms with Crippen molar-refractivity contribution in [3.05, 3.63) is 120 Å². The summed E-state index contributed by atoms with van der Waals surface area (Å²) in [6, 6.07) is 30.4. The smallest absolute Gasteiger partial charge is 0.311 e. The predicted octanol–water partition coefficient (Wildman–Crippen LogP) is 1.56. The summed E-state index contributed by atoms with van der Waals surface area (Å²) in [7, 11) is -4.46. The lowest BCUT2D eigenvalue weighted by molar-refractivity contribution is -0.341. The molecule has 3 heterocycles. The van der Waals surface area contributed by atoms with E-state index in [-0.39, 0.29) is 23.5 Å². The van der Waals surface area contributed by atoms with E-state index in [1.807, 2.05) is 30.3 Å². The van der Waals surface area contributed by atoms with Crippen LogP contribution in [-0.4, -0.2) is 136 Å². The lowest BCUT2D eigenvalue weighted by Gasteiger charge is -2.50. The van der Waals surface area contributed by atoms with Gasteiger partial charge in [-0.3, -0.25) is 0 Å². The molecular formula is C43H50FNO14S.